The van der Waals surface area contributed by atoms with Crippen LogP contribution >= 0.6 is 0 Å². The fourth-order valence-corrected chi connectivity index (χ4v) is 9.77. The smallest absolute Gasteiger partial charge is 0.0548 e. The second kappa shape index (κ2) is 10.6. The van der Waals surface area contributed by atoms with Gasteiger partial charge in [-0.25, -0.2) is 0 Å². The van der Waals surface area contributed by atoms with Gasteiger partial charge < -0.3 is 13.7 Å². The van der Waals surface area contributed by atoms with Gasteiger partial charge in [-0.15, -0.1) is 0 Å². The Labute approximate surface area is 312 Å². The van der Waals surface area contributed by atoms with Gasteiger partial charge in [0.1, 0.15) is 0 Å². The summed E-state index contributed by atoms with van der Waals surface area (Å²) in [4.78, 5) is 0. The molecule has 3 aromatic heterocycles. The first kappa shape index (κ1) is 29.7. The number of rotatable bonds is 3. The molecule has 12 rings (SSSR count). The largest absolute Gasteiger partial charge is 0.309 e. The van der Waals surface area contributed by atoms with Crippen molar-refractivity contribution in [3.8, 4) is 28.2 Å². The number of hydrogen-bond acceptors (Lipinski definition) is 0. The van der Waals surface area contributed by atoms with Crippen LogP contribution in [-0.4, -0.2) is 13.7 Å². The van der Waals surface area contributed by atoms with Crippen LogP contribution in [0.15, 0.2) is 176 Å². The van der Waals surface area contributed by atoms with Gasteiger partial charge in [-0.1, -0.05) is 117 Å². The van der Waals surface area contributed by atoms with Crippen LogP contribution in [0.3, 0.4) is 0 Å². The molecule has 0 saturated carbocycles. The van der Waals surface area contributed by atoms with Crippen LogP contribution in [0, 0.1) is 0 Å². The minimum absolute atomic E-state index is 0.0663. The summed E-state index contributed by atoms with van der Waals surface area (Å²) < 4.78 is 7.34. The molecular weight excluding hydrogens is 655 g/mol. The summed E-state index contributed by atoms with van der Waals surface area (Å²) in [5.41, 5.74) is 16.2. The Morgan fingerprint density at radius 2 is 0.741 bits per heavy atom. The van der Waals surface area contributed by atoms with Crippen molar-refractivity contribution in [3.05, 3.63) is 187 Å². The van der Waals surface area contributed by atoms with Crippen LogP contribution in [0.2, 0.25) is 0 Å². The topological polar surface area (TPSA) is 14.8 Å². The Hall–Kier alpha value is -6.84. The first-order valence-electron chi connectivity index (χ1n) is 18.9. The summed E-state index contributed by atoms with van der Waals surface area (Å²) in [6, 6.07) is 65.1. The van der Waals surface area contributed by atoms with Crippen LogP contribution < -0.4 is 0 Å². The van der Waals surface area contributed by atoms with Gasteiger partial charge in [0, 0.05) is 54.8 Å². The van der Waals surface area contributed by atoms with E-state index in [1.165, 1.54) is 99.0 Å². The summed E-state index contributed by atoms with van der Waals surface area (Å²) in [7, 11) is 0. The molecule has 54 heavy (non-hydrogen) atoms. The van der Waals surface area contributed by atoms with Crippen molar-refractivity contribution in [3.63, 3.8) is 0 Å². The maximum absolute atomic E-state index is 2.47. The van der Waals surface area contributed by atoms with E-state index in [1.54, 1.807) is 0 Å². The van der Waals surface area contributed by atoms with Crippen molar-refractivity contribution >= 4 is 65.4 Å². The summed E-state index contributed by atoms with van der Waals surface area (Å²) in [5, 5.41) is 7.52. The molecule has 3 heteroatoms. The number of hydrogen-bond donors (Lipinski definition) is 0. The number of aromatic nitrogens is 3. The predicted octanol–water partition coefficient (Wildman–Crippen LogP) is 13.3. The van der Waals surface area contributed by atoms with E-state index in [1.807, 2.05) is 0 Å². The van der Waals surface area contributed by atoms with Crippen LogP contribution in [0.4, 0.5) is 0 Å². The zero-order valence-corrected chi connectivity index (χ0v) is 30.1. The molecule has 3 nitrogen and oxygen atoms in total. The third-order valence-corrected chi connectivity index (χ3v) is 12.2. The number of fused-ring (bicyclic) bond motifs is 12. The number of nitrogens with zero attached hydrogens (tertiary/aromatic N) is 3. The van der Waals surface area contributed by atoms with E-state index in [4.69, 9.17) is 0 Å². The predicted molar refractivity (Wildman–Crippen MR) is 227 cm³/mol. The Bertz CT molecular complexity index is 3350. The monoisotopic (exact) mass is 689 g/mol. The number of benzene rings is 8. The summed E-state index contributed by atoms with van der Waals surface area (Å²) in [6.45, 7) is 4.72. The molecule has 0 amide bonds. The molecule has 0 saturated heterocycles. The van der Waals surface area contributed by atoms with Crippen molar-refractivity contribution in [1.82, 2.24) is 13.7 Å². The second-order valence-corrected chi connectivity index (χ2v) is 15.4. The van der Waals surface area contributed by atoms with Crippen molar-refractivity contribution in [2.75, 3.05) is 0 Å². The molecule has 0 atom stereocenters. The zero-order chi connectivity index (χ0) is 35.7. The minimum atomic E-state index is -0.0663. The van der Waals surface area contributed by atoms with Gasteiger partial charge in [-0.05, 0) is 95.1 Å². The van der Waals surface area contributed by atoms with Crippen molar-refractivity contribution in [2.45, 2.75) is 19.3 Å². The molecule has 1 aliphatic carbocycles. The molecule has 3 heterocycles. The van der Waals surface area contributed by atoms with E-state index in [-0.39, 0.29) is 5.41 Å². The molecule has 0 spiro atoms. The third-order valence-electron chi connectivity index (χ3n) is 12.2. The molecule has 11 aromatic rings. The molecule has 0 N–H and O–H groups in total. The lowest BCUT2D eigenvalue weighted by molar-refractivity contribution is 0.660. The van der Waals surface area contributed by atoms with E-state index in [9.17, 15) is 0 Å². The molecule has 0 radical (unpaired) electrons. The maximum atomic E-state index is 2.47. The van der Waals surface area contributed by atoms with Gasteiger partial charge in [0.25, 0.3) is 0 Å². The zero-order valence-electron chi connectivity index (χ0n) is 30.1. The quantitative estimate of drug-likeness (QED) is 0.175. The van der Waals surface area contributed by atoms with Gasteiger partial charge in [0.2, 0.25) is 0 Å². The second-order valence-electron chi connectivity index (χ2n) is 15.4. The highest BCUT2D eigenvalue weighted by atomic mass is 15.0. The Morgan fingerprint density at radius 1 is 0.296 bits per heavy atom. The molecule has 254 valence electrons. The van der Waals surface area contributed by atoms with E-state index in [2.05, 4.69) is 203 Å². The fourth-order valence-electron chi connectivity index (χ4n) is 9.77. The first-order chi connectivity index (χ1) is 26.6. The molecule has 0 aliphatic heterocycles. The van der Waals surface area contributed by atoms with Gasteiger partial charge in [0.15, 0.2) is 0 Å². The van der Waals surface area contributed by atoms with Crippen LogP contribution in [0.25, 0.3) is 93.6 Å². The lowest BCUT2D eigenvalue weighted by Gasteiger charge is -2.22. The van der Waals surface area contributed by atoms with Gasteiger partial charge in [-0.2, -0.15) is 0 Å². The van der Waals surface area contributed by atoms with Gasteiger partial charge in [-0.3, -0.25) is 0 Å². The highest BCUT2D eigenvalue weighted by Crippen LogP contribution is 2.49. The molecule has 0 unspecified atom stereocenters. The molecular formula is C51H35N3. The maximum Gasteiger partial charge on any atom is 0.0548 e. The van der Waals surface area contributed by atoms with Crippen LogP contribution in [0.5, 0.6) is 0 Å². The summed E-state index contributed by atoms with van der Waals surface area (Å²) in [5.74, 6) is 0. The highest BCUT2D eigenvalue weighted by molar-refractivity contribution is 6.19. The average Bonchev–Trinajstić information content (AvgIpc) is 3.90. The van der Waals surface area contributed by atoms with E-state index >= 15 is 0 Å². The van der Waals surface area contributed by atoms with E-state index in [0.29, 0.717) is 0 Å². The fraction of sp³-hybridized carbons (Fsp3) is 0.0588. The van der Waals surface area contributed by atoms with E-state index < -0.39 is 0 Å². The average molecular weight is 690 g/mol. The normalized spacial score (nSPS) is 13.5. The summed E-state index contributed by atoms with van der Waals surface area (Å²) in [6.07, 6.45) is 0. The Morgan fingerprint density at radius 3 is 1.39 bits per heavy atom. The van der Waals surface area contributed by atoms with Gasteiger partial charge in [0.05, 0.1) is 33.1 Å². The molecule has 0 fully saturated rings. The van der Waals surface area contributed by atoms with E-state index in [0.717, 1.165) is 5.69 Å². The number of para-hydroxylation sites is 4. The SMILES string of the molecule is CC1(C)c2ccccc2-c2ccc(-n3c4ccccc4c4cc(-n5c6ccccc6c6cc7c(cc65)c5ccccc5n7-c5ccccc5)ccc43)cc21. The van der Waals surface area contributed by atoms with Crippen LogP contribution in [0.1, 0.15) is 25.0 Å². The lowest BCUT2D eigenvalue weighted by atomic mass is 9.82. The van der Waals surface area contributed by atoms with Gasteiger partial charge >= 0.3 is 0 Å². The van der Waals surface area contributed by atoms with Crippen molar-refractivity contribution < 1.29 is 0 Å². The Balaban J connectivity index is 1.11. The minimum Gasteiger partial charge on any atom is -0.309 e. The lowest BCUT2D eigenvalue weighted by Crippen LogP contribution is -2.15. The van der Waals surface area contributed by atoms with Crippen molar-refractivity contribution in [1.29, 1.82) is 0 Å². The summed E-state index contributed by atoms with van der Waals surface area (Å²) >= 11 is 0. The Kier molecular flexibility index (Phi) is 5.84. The molecule has 8 aromatic carbocycles. The molecule has 0 bridgehead atoms. The highest BCUT2D eigenvalue weighted by Gasteiger charge is 2.35. The standard InChI is InChI=1S/C51H35N3/c1-51(2)43-20-10-6-16-35(43)36-26-24-34(29-44(36)51)53-46-22-12-7-17-37(46)40-28-33(25-27-48(40)53)54-47-23-13-9-19-39(47)42-30-49-41(31-50(42)54)38-18-8-11-21-45(38)52(49)32-14-4-3-5-15-32/h3-31H,1-2H3. The third kappa shape index (κ3) is 3.85. The molecule has 1 aliphatic rings. The first-order valence-corrected chi connectivity index (χ1v) is 18.9. The van der Waals surface area contributed by atoms with Crippen LogP contribution in [-0.2, 0) is 5.41 Å². The van der Waals surface area contributed by atoms with Crippen molar-refractivity contribution in [2.24, 2.45) is 0 Å².